The summed E-state index contributed by atoms with van der Waals surface area (Å²) < 4.78 is 138. The summed E-state index contributed by atoms with van der Waals surface area (Å²) in [6.07, 6.45) is 0.751. The average molecular weight is 1530 g/mol. The number of Topliss-reactive ketones (excluding diaryl/α,β-unsaturated/α-hetero) is 1. The molecule has 2 aromatic carbocycles. The van der Waals surface area contributed by atoms with Crippen LogP contribution in [0, 0.1) is 0 Å². The maximum atomic E-state index is 12.6. The highest BCUT2D eigenvalue weighted by Gasteiger charge is 2.41. The largest absolute Gasteiger partial charge is 0.479 e. The molecule has 0 aliphatic carbocycles. The van der Waals surface area contributed by atoms with Crippen LogP contribution >= 0.6 is 22.7 Å². The number of sulfone groups is 3. The van der Waals surface area contributed by atoms with E-state index < -0.39 is 180 Å². The molecule has 0 amide bonds. The monoisotopic (exact) mass is 1530 g/mol. The standard InChI is InChI=1S/C17H23NO9S3.C13H14O6.C10H16N2O4S3.C9H10O3.C6H8O6.C4H6O4/c1-4-18-14-5-10(2)30(24,25)17-13(14)6-16(28-17)29(22,23)9-12(20)7-27-15(21)8-26-11(3)19;1-10(14)17-8-12(15)19-9-13(16)18-7-11-5-3-2-4-6-11;1-3-12-8-4-6(2)18(13,14)10-7(8)5-9(17-10)19(11,15)16;10-6-9(11)12-7-8-4-2-1-3-5-8;1-4(7)11-3-6(10)12-2-5(8)9;1-3(5)8-2-4(6)7/h6,10,14,18H,4-5,7-9H2,1-3H3;2-6H,7-9H2,1H3;5-6,8,12H,3-4H2,1-2H3,(H2,11,15,16);1-5,10H,6-7H2;2-3H2,1H3,(H,8,9);2H2,1H3,(H,6,7)/t10-,14-;;6-,8-;;;/m0.0.../s1. The third-order valence-electron chi connectivity index (χ3n) is 12.0. The molecule has 35 nitrogen and oxygen atoms in total. The number of fused-ring (bicyclic) bond motifs is 2. The molecule has 556 valence electrons. The molecule has 0 saturated carbocycles. The van der Waals surface area contributed by atoms with Gasteiger partial charge < -0.3 is 68.6 Å². The lowest BCUT2D eigenvalue weighted by molar-refractivity contribution is -0.164. The van der Waals surface area contributed by atoms with E-state index >= 15 is 0 Å². The molecule has 0 radical (unpaired) electrons. The van der Waals surface area contributed by atoms with Crippen LogP contribution < -0.4 is 15.8 Å². The van der Waals surface area contributed by atoms with Gasteiger partial charge in [0.25, 0.3) is 0 Å². The Kier molecular flexibility index (Phi) is 39.7. The van der Waals surface area contributed by atoms with E-state index in [0.717, 1.165) is 43.2 Å². The van der Waals surface area contributed by atoms with E-state index in [1.165, 1.54) is 19.1 Å². The van der Waals surface area contributed by atoms with Crippen LogP contribution in [0.15, 0.2) is 89.6 Å². The van der Waals surface area contributed by atoms with Crippen LogP contribution in [0.1, 0.15) is 103 Å². The summed E-state index contributed by atoms with van der Waals surface area (Å²) in [5.41, 5.74) is 2.66. The predicted octanol–water partition coefficient (Wildman–Crippen LogP) is 1.40. The van der Waals surface area contributed by atoms with Crippen molar-refractivity contribution in [3.8, 4) is 0 Å². The first-order valence-electron chi connectivity index (χ1n) is 29.0. The first kappa shape index (κ1) is 89.3. The summed E-state index contributed by atoms with van der Waals surface area (Å²) in [4.78, 5) is 127. The molecule has 0 fully saturated rings. The van der Waals surface area contributed by atoms with Gasteiger partial charge in [-0.05, 0) is 68.6 Å². The van der Waals surface area contributed by atoms with E-state index in [2.05, 4.69) is 48.5 Å². The molecule has 2 aromatic heterocycles. The number of primary sulfonamides is 1. The van der Waals surface area contributed by atoms with Gasteiger partial charge in [0.1, 0.15) is 42.4 Å². The van der Waals surface area contributed by atoms with Crippen molar-refractivity contribution in [1.82, 2.24) is 10.6 Å². The van der Waals surface area contributed by atoms with Crippen LogP contribution in [0.5, 0.6) is 0 Å². The number of aliphatic carboxylic acids is 2. The molecule has 7 N–H and O–H groups in total. The number of aliphatic hydroxyl groups is 1. The second-order valence-corrected chi connectivity index (χ2v) is 31.4. The summed E-state index contributed by atoms with van der Waals surface area (Å²) >= 11 is 1.37. The zero-order valence-electron chi connectivity index (χ0n) is 55.1. The zero-order valence-corrected chi connectivity index (χ0v) is 60.0. The van der Waals surface area contributed by atoms with Crippen molar-refractivity contribution in [3.05, 3.63) is 95.1 Å². The molecule has 4 atom stereocenters. The number of ether oxygens (including phenoxy) is 9. The van der Waals surface area contributed by atoms with Gasteiger partial charge in [-0.1, -0.05) is 74.5 Å². The number of carbonyl (C=O) groups excluding carboxylic acids is 10. The van der Waals surface area contributed by atoms with Crippen molar-refractivity contribution >= 4 is 134 Å². The lowest BCUT2D eigenvalue weighted by Crippen LogP contribution is -2.33. The maximum Gasteiger partial charge on any atom is 0.344 e. The number of carboxylic acids is 2. The summed E-state index contributed by atoms with van der Waals surface area (Å²) in [6, 6.07) is 20.6. The maximum absolute atomic E-state index is 12.6. The third-order valence-corrected chi connectivity index (χ3v) is 23.5. The number of benzene rings is 2. The number of hydrogen-bond acceptors (Lipinski definition) is 34. The van der Waals surface area contributed by atoms with E-state index in [1.807, 2.05) is 62.4 Å². The number of carboxylic acid groups (broad SMARTS) is 2. The second kappa shape index (κ2) is 44.5. The van der Waals surface area contributed by atoms with Crippen molar-refractivity contribution in [2.24, 2.45) is 5.14 Å². The fraction of sp³-hybridized carbons (Fsp3) is 0.458. The number of rotatable bonds is 27. The molecule has 0 bridgehead atoms. The van der Waals surface area contributed by atoms with Gasteiger partial charge in [0, 0.05) is 45.3 Å². The number of esters is 9. The summed E-state index contributed by atoms with van der Waals surface area (Å²) in [7, 11) is -15.1. The predicted molar refractivity (Wildman–Crippen MR) is 347 cm³/mol. The smallest absolute Gasteiger partial charge is 0.344 e. The Labute approximate surface area is 583 Å². The van der Waals surface area contributed by atoms with Crippen molar-refractivity contribution in [3.63, 3.8) is 0 Å². The Morgan fingerprint density at radius 2 is 0.810 bits per heavy atom. The fourth-order valence-electron chi connectivity index (χ4n) is 7.47. The van der Waals surface area contributed by atoms with Crippen LogP contribution in [-0.2, 0) is 153 Å². The molecule has 2 aliphatic rings. The molecule has 2 aliphatic heterocycles. The minimum atomic E-state index is -4.13. The summed E-state index contributed by atoms with van der Waals surface area (Å²) in [6.45, 7) is 8.23. The van der Waals surface area contributed by atoms with Crippen LogP contribution in [0.3, 0.4) is 0 Å². The number of carbonyl (C=O) groups is 12. The highest BCUT2D eigenvalue weighted by molar-refractivity contribution is 7.97. The number of sulfonamides is 1. The molecule has 0 unspecified atom stereocenters. The third kappa shape index (κ3) is 34.9. The molecular weight excluding hydrogens is 1460 g/mol. The number of aliphatic hydroxyl groups excluding tert-OH is 1. The second-order valence-electron chi connectivity index (χ2n) is 20.2. The van der Waals surface area contributed by atoms with Crippen molar-refractivity contribution < 1.29 is 149 Å². The summed E-state index contributed by atoms with van der Waals surface area (Å²) in [5, 5.41) is 34.5. The van der Waals surface area contributed by atoms with Crippen LogP contribution in [0.2, 0.25) is 0 Å². The van der Waals surface area contributed by atoms with Gasteiger partial charge in [-0.15, -0.1) is 22.7 Å². The Hall–Kier alpha value is -8.68. The molecule has 100 heavy (non-hydrogen) atoms. The first-order chi connectivity index (χ1) is 46.6. The zero-order chi connectivity index (χ0) is 76.1. The van der Waals surface area contributed by atoms with E-state index in [-0.39, 0.29) is 42.1 Å². The Morgan fingerprint density at radius 3 is 1.16 bits per heavy atom. The topological polar surface area (TPSA) is 535 Å². The van der Waals surface area contributed by atoms with Crippen LogP contribution in [-0.4, -0.2) is 203 Å². The van der Waals surface area contributed by atoms with Crippen LogP contribution in [0.25, 0.3) is 0 Å². The van der Waals surface area contributed by atoms with Gasteiger partial charge in [-0.2, -0.15) is 0 Å². The Bertz CT molecular complexity index is 3880. The number of hydrogen-bond donors (Lipinski definition) is 6. The number of nitrogens with one attached hydrogen (secondary N) is 2. The van der Waals surface area contributed by atoms with Crippen molar-refractivity contribution in [2.75, 3.05) is 71.7 Å². The van der Waals surface area contributed by atoms with E-state index in [1.54, 1.807) is 26.0 Å². The Balaban J connectivity index is 0.000000631. The van der Waals surface area contributed by atoms with Gasteiger partial charge in [0.05, 0.1) is 10.5 Å². The van der Waals surface area contributed by atoms with Crippen molar-refractivity contribution in [2.45, 2.75) is 121 Å². The van der Waals surface area contributed by atoms with Gasteiger partial charge in [-0.25, -0.2) is 72.4 Å². The highest BCUT2D eigenvalue weighted by atomic mass is 32.3. The van der Waals surface area contributed by atoms with Crippen LogP contribution in [0.4, 0.5) is 0 Å². The quantitative estimate of drug-likeness (QED) is 0.0363. The van der Waals surface area contributed by atoms with Gasteiger partial charge >= 0.3 is 65.7 Å². The average Bonchev–Trinajstić information content (AvgIpc) is 1.59. The lowest BCUT2D eigenvalue weighted by atomic mass is 10.1. The SMILES string of the molecule is CC(=O)OCC(=O)O.CC(=O)OCC(=O)OCC(=O)O.CC(=O)OCC(=O)OCC(=O)OCc1ccccc1.CCN[C@H]1C[C@H](C)S(=O)(=O)c2sc(S(=O)(=O)CC(=O)COC(=O)COC(C)=O)cc21.CCN[C@H]1C[C@H](C)S(=O)(=O)c2sc(S(N)(=O)=O)cc21.O=C(CO)OCc1ccccc1. The molecular formula is C59H77N3O32S6. The number of thiophene rings is 2. The van der Waals surface area contributed by atoms with E-state index in [4.69, 9.17) is 25.2 Å². The molecule has 0 spiro atoms. The number of ketones is 1. The molecule has 4 heterocycles. The van der Waals surface area contributed by atoms with Gasteiger partial charge in [0.15, 0.2) is 81.5 Å². The molecule has 6 rings (SSSR count). The van der Waals surface area contributed by atoms with E-state index in [0.29, 0.717) is 48.4 Å². The normalized spacial score (nSPS) is 15.7. The van der Waals surface area contributed by atoms with E-state index in [9.17, 15) is 91.2 Å². The molecule has 4 aromatic rings. The highest BCUT2D eigenvalue weighted by Crippen LogP contribution is 2.44. The minimum absolute atomic E-state index is 0.00830. The summed E-state index contributed by atoms with van der Waals surface area (Å²) in [5.74, 6) is -10.7. The van der Waals surface area contributed by atoms with Gasteiger partial charge in [-0.3, -0.25) is 24.0 Å². The lowest BCUT2D eigenvalue weighted by Gasteiger charge is -2.27. The fourth-order valence-corrected chi connectivity index (χ4v) is 17.2. The van der Waals surface area contributed by atoms with Gasteiger partial charge in [0.2, 0.25) is 10.0 Å². The Morgan fingerprint density at radius 1 is 0.490 bits per heavy atom. The van der Waals surface area contributed by atoms with Crippen molar-refractivity contribution in [1.29, 1.82) is 0 Å². The number of nitrogens with two attached hydrogens (primary N) is 1. The first-order valence-corrected chi connectivity index (χ1v) is 37.0. The minimum Gasteiger partial charge on any atom is -0.479 e. The molecule has 41 heteroatoms. The molecule has 0 saturated heterocycles.